The first-order chi connectivity index (χ1) is 13.8. The highest BCUT2D eigenvalue weighted by molar-refractivity contribution is 6.10. The molecule has 148 valence electrons. The summed E-state index contributed by atoms with van der Waals surface area (Å²) in [4.78, 5) is 22.4. The van der Waals surface area contributed by atoms with Crippen LogP contribution in [-0.2, 0) is 6.54 Å². The second kappa shape index (κ2) is 7.16. The smallest absolute Gasteiger partial charge is 0.422 e. The molecular weight excluding hydrogens is 390 g/mol. The minimum absolute atomic E-state index is 0.0107. The fourth-order valence-corrected chi connectivity index (χ4v) is 3.12. The number of hydrogen-bond donors (Lipinski definition) is 0. The summed E-state index contributed by atoms with van der Waals surface area (Å²) < 4.78 is 55.9. The first-order valence-corrected chi connectivity index (χ1v) is 8.54. The molecule has 2 aromatic heterocycles. The Balaban J connectivity index is 1.72. The molecule has 0 radical (unpaired) electrons. The van der Waals surface area contributed by atoms with Gasteiger partial charge in [0.1, 0.15) is 17.4 Å². The van der Waals surface area contributed by atoms with Gasteiger partial charge in [-0.2, -0.15) is 13.2 Å². The number of benzene rings is 1. The Morgan fingerprint density at radius 1 is 1.03 bits per heavy atom. The average molecular weight is 403 g/mol. The van der Waals surface area contributed by atoms with Gasteiger partial charge in [0.2, 0.25) is 0 Å². The third-order valence-electron chi connectivity index (χ3n) is 4.37. The number of ether oxygens (including phenoxy) is 1. The summed E-state index contributed by atoms with van der Waals surface area (Å²) in [5.41, 5.74) is 1.58. The zero-order chi connectivity index (χ0) is 20.6. The van der Waals surface area contributed by atoms with Gasteiger partial charge in [-0.05, 0) is 30.3 Å². The summed E-state index contributed by atoms with van der Waals surface area (Å²) in [7, 11) is 0. The molecule has 0 saturated heterocycles. The molecule has 3 aromatic rings. The molecule has 5 nitrogen and oxygen atoms in total. The Labute approximate surface area is 162 Å². The number of pyridine rings is 2. The normalized spacial score (nSPS) is 13.5. The number of amides is 1. The van der Waals surface area contributed by atoms with Crippen molar-refractivity contribution in [3.05, 3.63) is 71.8 Å². The van der Waals surface area contributed by atoms with Crippen LogP contribution < -0.4 is 9.64 Å². The third-order valence-corrected chi connectivity index (χ3v) is 4.37. The van der Waals surface area contributed by atoms with E-state index in [1.54, 1.807) is 18.2 Å². The highest BCUT2D eigenvalue weighted by Crippen LogP contribution is 2.37. The van der Waals surface area contributed by atoms with E-state index in [2.05, 4.69) is 9.97 Å². The van der Waals surface area contributed by atoms with Crippen LogP contribution in [0.15, 0.2) is 54.9 Å². The first-order valence-electron chi connectivity index (χ1n) is 8.54. The number of para-hydroxylation sites is 1. The van der Waals surface area contributed by atoms with E-state index >= 15 is 0 Å². The minimum Gasteiger partial charge on any atom is -0.483 e. The Kier molecular flexibility index (Phi) is 4.65. The van der Waals surface area contributed by atoms with E-state index in [9.17, 15) is 22.4 Å². The predicted molar refractivity (Wildman–Crippen MR) is 95.9 cm³/mol. The zero-order valence-electron chi connectivity index (χ0n) is 14.8. The van der Waals surface area contributed by atoms with Crippen LogP contribution in [0.1, 0.15) is 15.9 Å². The van der Waals surface area contributed by atoms with Crippen LogP contribution in [0.4, 0.5) is 23.4 Å². The van der Waals surface area contributed by atoms with Gasteiger partial charge >= 0.3 is 6.18 Å². The Morgan fingerprint density at radius 3 is 2.55 bits per heavy atom. The first kappa shape index (κ1) is 18.9. The van der Waals surface area contributed by atoms with Gasteiger partial charge in [-0.25, -0.2) is 9.37 Å². The predicted octanol–water partition coefficient (Wildman–Crippen LogP) is 4.38. The molecule has 9 heteroatoms. The second-order valence-corrected chi connectivity index (χ2v) is 6.31. The molecule has 0 bridgehead atoms. The number of aromatic nitrogens is 2. The van der Waals surface area contributed by atoms with Crippen molar-refractivity contribution in [2.45, 2.75) is 12.7 Å². The van der Waals surface area contributed by atoms with Gasteiger partial charge in [0.15, 0.2) is 6.61 Å². The van der Waals surface area contributed by atoms with Crippen molar-refractivity contribution >= 4 is 11.7 Å². The maximum Gasteiger partial charge on any atom is 0.422 e. The number of nitrogens with zero attached hydrogens (tertiary/aromatic N) is 3. The molecular formula is C20H13F4N3O2. The van der Waals surface area contributed by atoms with Crippen LogP contribution in [0, 0.1) is 5.82 Å². The molecule has 0 spiro atoms. The standard InChI is InChI=1S/C20H13F4N3O2/c21-12-5-6-17(26-9-12)27-10-15-13(19(27)28)7-8-25-18(15)14-3-1-2-4-16(14)29-11-20(22,23)24/h1-9H,10-11H2. The molecule has 0 fully saturated rings. The lowest BCUT2D eigenvalue weighted by molar-refractivity contribution is -0.153. The molecule has 1 amide bonds. The lowest BCUT2D eigenvalue weighted by Gasteiger charge is -2.15. The van der Waals surface area contributed by atoms with Gasteiger partial charge in [0.25, 0.3) is 5.91 Å². The summed E-state index contributed by atoms with van der Waals surface area (Å²) >= 11 is 0. The van der Waals surface area contributed by atoms with Gasteiger partial charge < -0.3 is 4.74 Å². The van der Waals surface area contributed by atoms with Crippen LogP contribution in [0.3, 0.4) is 0 Å². The lowest BCUT2D eigenvalue weighted by Crippen LogP contribution is -2.23. The van der Waals surface area contributed by atoms with E-state index in [1.807, 2.05) is 0 Å². The van der Waals surface area contributed by atoms with Gasteiger partial charge in [0.05, 0.1) is 18.4 Å². The third kappa shape index (κ3) is 3.75. The molecule has 1 aliphatic heterocycles. The van der Waals surface area contributed by atoms with E-state index in [4.69, 9.17) is 4.74 Å². The summed E-state index contributed by atoms with van der Waals surface area (Å²) in [5.74, 6) is -0.607. The SMILES string of the molecule is O=C1c2ccnc(-c3ccccc3OCC(F)(F)F)c2CN1c1ccc(F)cn1. The largest absolute Gasteiger partial charge is 0.483 e. The molecule has 4 rings (SSSR count). The number of anilines is 1. The van der Waals surface area contributed by atoms with Crippen molar-refractivity contribution in [1.82, 2.24) is 9.97 Å². The van der Waals surface area contributed by atoms with Gasteiger partial charge in [-0.3, -0.25) is 14.7 Å². The molecule has 0 atom stereocenters. The van der Waals surface area contributed by atoms with Crippen molar-refractivity contribution in [3.8, 4) is 17.0 Å². The van der Waals surface area contributed by atoms with Gasteiger partial charge in [-0.1, -0.05) is 12.1 Å². The zero-order valence-corrected chi connectivity index (χ0v) is 14.8. The molecule has 0 aliphatic carbocycles. The maximum absolute atomic E-state index is 13.2. The fourth-order valence-electron chi connectivity index (χ4n) is 3.12. The number of fused-ring (bicyclic) bond motifs is 1. The number of rotatable bonds is 4. The van der Waals surface area contributed by atoms with Gasteiger partial charge in [0, 0.05) is 22.9 Å². The van der Waals surface area contributed by atoms with Crippen molar-refractivity contribution < 1.29 is 27.1 Å². The number of hydrogen-bond acceptors (Lipinski definition) is 4. The van der Waals surface area contributed by atoms with Crippen molar-refractivity contribution in [3.63, 3.8) is 0 Å². The van der Waals surface area contributed by atoms with E-state index in [-0.39, 0.29) is 24.0 Å². The number of carbonyl (C=O) groups excluding carboxylic acids is 1. The Bertz CT molecular complexity index is 1070. The maximum atomic E-state index is 13.2. The fraction of sp³-hybridized carbons (Fsp3) is 0.150. The number of alkyl halides is 3. The summed E-state index contributed by atoms with van der Waals surface area (Å²) in [6.45, 7) is -1.34. The summed E-state index contributed by atoms with van der Waals surface area (Å²) in [6, 6.07) is 10.3. The topological polar surface area (TPSA) is 55.3 Å². The molecule has 0 saturated carbocycles. The average Bonchev–Trinajstić information content (AvgIpc) is 3.04. The van der Waals surface area contributed by atoms with Crippen LogP contribution in [0.2, 0.25) is 0 Å². The quantitative estimate of drug-likeness (QED) is 0.607. The van der Waals surface area contributed by atoms with E-state index < -0.39 is 18.6 Å². The molecule has 1 aromatic carbocycles. The van der Waals surface area contributed by atoms with Crippen LogP contribution >= 0.6 is 0 Å². The number of halogens is 4. The molecule has 1 aliphatic rings. The van der Waals surface area contributed by atoms with Crippen LogP contribution in [0.5, 0.6) is 5.75 Å². The molecule has 29 heavy (non-hydrogen) atoms. The van der Waals surface area contributed by atoms with Crippen molar-refractivity contribution in [2.24, 2.45) is 0 Å². The van der Waals surface area contributed by atoms with E-state index in [0.29, 0.717) is 22.4 Å². The van der Waals surface area contributed by atoms with Crippen molar-refractivity contribution in [2.75, 3.05) is 11.5 Å². The molecule has 3 heterocycles. The van der Waals surface area contributed by atoms with Crippen LogP contribution in [-0.4, -0.2) is 28.7 Å². The molecule has 0 N–H and O–H groups in total. The van der Waals surface area contributed by atoms with Crippen LogP contribution in [0.25, 0.3) is 11.3 Å². The monoisotopic (exact) mass is 403 g/mol. The summed E-state index contributed by atoms with van der Waals surface area (Å²) in [6.07, 6.45) is -2.07. The van der Waals surface area contributed by atoms with Gasteiger partial charge in [-0.15, -0.1) is 0 Å². The Morgan fingerprint density at radius 2 is 1.83 bits per heavy atom. The van der Waals surface area contributed by atoms with E-state index in [1.165, 1.54) is 35.4 Å². The Hall–Kier alpha value is -3.49. The highest BCUT2D eigenvalue weighted by atomic mass is 19.4. The van der Waals surface area contributed by atoms with E-state index in [0.717, 1.165) is 6.20 Å². The lowest BCUT2D eigenvalue weighted by atomic mass is 10.0. The summed E-state index contributed by atoms with van der Waals surface area (Å²) in [5, 5.41) is 0. The second-order valence-electron chi connectivity index (χ2n) is 6.31. The molecule has 0 unspecified atom stereocenters. The van der Waals surface area contributed by atoms with Crippen molar-refractivity contribution in [1.29, 1.82) is 0 Å². The highest BCUT2D eigenvalue weighted by Gasteiger charge is 2.33. The number of carbonyl (C=O) groups is 1. The minimum atomic E-state index is -4.49.